The lowest BCUT2D eigenvalue weighted by Crippen LogP contribution is -2.66. The van der Waals surface area contributed by atoms with Crippen molar-refractivity contribution < 1.29 is 0 Å². The highest BCUT2D eigenvalue weighted by atomic mass is 15.2. The van der Waals surface area contributed by atoms with Crippen LogP contribution in [0.2, 0.25) is 0 Å². The Morgan fingerprint density at radius 2 is 1.67 bits per heavy atom. The van der Waals surface area contributed by atoms with Gasteiger partial charge in [-0.15, -0.1) is 0 Å². The van der Waals surface area contributed by atoms with Crippen molar-refractivity contribution in [2.24, 2.45) is 5.73 Å². The highest BCUT2D eigenvalue weighted by Gasteiger charge is 2.36. The van der Waals surface area contributed by atoms with Crippen molar-refractivity contribution in [2.75, 3.05) is 39.3 Å². The first-order valence-corrected chi connectivity index (χ1v) is 6.45. The molecule has 2 heterocycles. The van der Waals surface area contributed by atoms with Gasteiger partial charge in [-0.05, 0) is 51.9 Å². The van der Waals surface area contributed by atoms with Gasteiger partial charge in [0.05, 0.1) is 0 Å². The Kier molecular flexibility index (Phi) is 3.65. The minimum Gasteiger partial charge on any atom is -0.323 e. The molecule has 0 aromatic carbocycles. The van der Waals surface area contributed by atoms with E-state index in [9.17, 15) is 0 Å². The van der Waals surface area contributed by atoms with Crippen molar-refractivity contribution in [1.29, 1.82) is 0 Å². The zero-order valence-corrected chi connectivity index (χ0v) is 10.0. The molecule has 88 valence electrons. The quantitative estimate of drug-likeness (QED) is 0.733. The Bertz CT molecular complexity index is 193. The minimum atomic E-state index is 0.146. The van der Waals surface area contributed by atoms with Gasteiger partial charge in [-0.3, -0.25) is 4.90 Å². The summed E-state index contributed by atoms with van der Waals surface area (Å²) < 4.78 is 0. The number of rotatable bonds is 5. The summed E-state index contributed by atoms with van der Waals surface area (Å²) in [5.41, 5.74) is 6.28. The van der Waals surface area contributed by atoms with Gasteiger partial charge in [0.25, 0.3) is 0 Å². The lowest BCUT2D eigenvalue weighted by molar-refractivity contribution is 0.0644. The van der Waals surface area contributed by atoms with E-state index in [2.05, 4.69) is 16.7 Å². The normalized spacial score (nSPS) is 26.8. The fourth-order valence-electron chi connectivity index (χ4n) is 2.75. The van der Waals surface area contributed by atoms with E-state index >= 15 is 0 Å². The van der Waals surface area contributed by atoms with Crippen LogP contribution in [0, 0.1) is 0 Å². The van der Waals surface area contributed by atoms with E-state index in [1.54, 1.807) is 0 Å². The molecule has 3 nitrogen and oxygen atoms in total. The number of nitrogens with two attached hydrogens (primary N) is 1. The zero-order valence-electron chi connectivity index (χ0n) is 10.0. The first kappa shape index (κ1) is 11.4. The highest BCUT2D eigenvalue weighted by Crippen LogP contribution is 2.21. The molecule has 0 atom stereocenters. The van der Waals surface area contributed by atoms with Crippen LogP contribution >= 0.6 is 0 Å². The molecule has 3 heteroatoms. The zero-order chi connectivity index (χ0) is 10.7. The Hall–Kier alpha value is -0.120. The molecule has 0 aromatic heterocycles. The van der Waals surface area contributed by atoms with E-state index in [0.717, 1.165) is 19.5 Å². The van der Waals surface area contributed by atoms with Gasteiger partial charge in [0.1, 0.15) is 0 Å². The summed E-state index contributed by atoms with van der Waals surface area (Å²) >= 11 is 0. The molecule has 2 aliphatic heterocycles. The monoisotopic (exact) mass is 211 g/mol. The Morgan fingerprint density at radius 1 is 1.07 bits per heavy atom. The van der Waals surface area contributed by atoms with Gasteiger partial charge in [-0.2, -0.15) is 0 Å². The molecule has 2 aliphatic rings. The van der Waals surface area contributed by atoms with Crippen molar-refractivity contribution in [3.8, 4) is 0 Å². The molecule has 2 rings (SSSR count). The summed E-state index contributed by atoms with van der Waals surface area (Å²) in [6.07, 6.45) is 5.26. The molecule has 0 aromatic rings. The van der Waals surface area contributed by atoms with Gasteiger partial charge >= 0.3 is 0 Å². The molecule has 0 unspecified atom stereocenters. The fraction of sp³-hybridized carbons (Fsp3) is 1.00. The molecule has 2 N–H and O–H groups in total. The number of hydrogen-bond donors (Lipinski definition) is 1. The Labute approximate surface area is 93.6 Å². The van der Waals surface area contributed by atoms with Gasteiger partial charge in [0.15, 0.2) is 0 Å². The van der Waals surface area contributed by atoms with Crippen molar-refractivity contribution >= 4 is 0 Å². The second kappa shape index (κ2) is 4.81. The van der Waals surface area contributed by atoms with Crippen LogP contribution in [0.15, 0.2) is 0 Å². The number of likely N-dealkylation sites (tertiary alicyclic amines) is 2. The number of hydrogen-bond acceptors (Lipinski definition) is 3. The third-order valence-corrected chi connectivity index (χ3v) is 3.93. The summed E-state index contributed by atoms with van der Waals surface area (Å²) in [7, 11) is 0. The third-order valence-electron chi connectivity index (χ3n) is 3.93. The summed E-state index contributed by atoms with van der Waals surface area (Å²) in [6, 6.07) is 0. The maximum absolute atomic E-state index is 6.13. The fourth-order valence-corrected chi connectivity index (χ4v) is 2.75. The Balaban J connectivity index is 1.52. The molecular weight excluding hydrogens is 186 g/mol. The molecule has 0 spiro atoms. The molecule has 0 amide bonds. The molecule has 2 saturated heterocycles. The predicted octanol–water partition coefficient (Wildman–Crippen LogP) is 0.895. The van der Waals surface area contributed by atoms with Gasteiger partial charge in [0, 0.05) is 18.6 Å². The second-order valence-corrected chi connectivity index (χ2v) is 5.33. The van der Waals surface area contributed by atoms with Gasteiger partial charge < -0.3 is 10.6 Å². The van der Waals surface area contributed by atoms with Gasteiger partial charge in [0.2, 0.25) is 0 Å². The third kappa shape index (κ3) is 2.92. The van der Waals surface area contributed by atoms with Crippen LogP contribution in [0.3, 0.4) is 0 Å². The average molecular weight is 211 g/mol. The van der Waals surface area contributed by atoms with E-state index < -0.39 is 0 Å². The average Bonchev–Trinajstić information content (AvgIpc) is 2.67. The standard InChI is InChI=1S/C12H25N3/c1-2-12(13)10-15(11-12)9-5-8-14-6-3-4-7-14/h2-11,13H2,1H3. The summed E-state index contributed by atoms with van der Waals surface area (Å²) in [4.78, 5) is 5.09. The van der Waals surface area contributed by atoms with E-state index in [1.165, 1.54) is 45.4 Å². The highest BCUT2D eigenvalue weighted by molar-refractivity contribution is 4.98. The van der Waals surface area contributed by atoms with Gasteiger partial charge in [-0.25, -0.2) is 0 Å². The van der Waals surface area contributed by atoms with Crippen molar-refractivity contribution in [1.82, 2.24) is 9.80 Å². The van der Waals surface area contributed by atoms with Crippen molar-refractivity contribution in [2.45, 2.75) is 38.1 Å². The van der Waals surface area contributed by atoms with E-state index in [4.69, 9.17) is 5.73 Å². The minimum absolute atomic E-state index is 0.146. The smallest absolute Gasteiger partial charge is 0.0409 e. The van der Waals surface area contributed by atoms with Crippen molar-refractivity contribution in [3.05, 3.63) is 0 Å². The van der Waals surface area contributed by atoms with E-state index in [0.29, 0.717) is 0 Å². The predicted molar refractivity (Wildman–Crippen MR) is 63.9 cm³/mol. The Morgan fingerprint density at radius 3 is 2.27 bits per heavy atom. The van der Waals surface area contributed by atoms with Crippen LogP contribution in [-0.2, 0) is 0 Å². The maximum atomic E-state index is 6.13. The molecule has 0 bridgehead atoms. The molecular formula is C12H25N3. The van der Waals surface area contributed by atoms with E-state index in [1.807, 2.05) is 0 Å². The molecule has 2 fully saturated rings. The van der Waals surface area contributed by atoms with Crippen LogP contribution in [0.4, 0.5) is 0 Å². The van der Waals surface area contributed by atoms with Gasteiger partial charge in [-0.1, -0.05) is 6.92 Å². The largest absolute Gasteiger partial charge is 0.323 e. The first-order valence-electron chi connectivity index (χ1n) is 6.45. The number of nitrogens with zero attached hydrogens (tertiary/aromatic N) is 2. The maximum Gasteiger partial charge on any atom is 0.0409 e. The van der Waals surface area contributed by atoms with Crippen molar-refractivity contribution in [3.63, 3.8) is 0 Å². The van der Waals surface area contributed by atoms with Crippen LogP contribution in [0.25, 0.3) is 0 Å². The van der Waals surface area contributed by atoms with Crippen LogP contribution in [-0.4, -0.2) is 54.6 Å². The van der Waals surface area contributed by atoms with Crippen LogP contribution < -0.4 is 5.73 Å². The summed E-state index contributed by atoms with van der Waals surface area (Å²) in [6.45, 7) is 9.62. The lowest BCUT2D eigenvalue weighted by Gasteiger charge is -2.47. The SMILES string of the molecule is CCC1(N)CN(CCCN2CCCC2)C1. The van der Waals surface area contributed by atoms with E-state index in [-0.39, 0.29) is 5.54 Å². The molecule has 0 radical (unpaired) electrons. The second-order valence-electron chi connectivity index (χ2n) is 5.33. The molecule has 15 heavy (non-hydrogen) atoms. The summed E-state index contributed by atoms with van der Waals surface area (Å²) in [5, 5.41) is 0. The summed E-state index contributed by atoms with van der Waals surface area (Å²) in [5.74, 6) is 0. The molecule has 0 saturated carbocycles. The topological polar surface area (TPSA) is 32.5 Å². The van der Waals surface area contributed by atoms with Crippen LogP contribution in [0.1, 0.15) is 32.6 Å². The van der Waals surface area contributed by atoms with Crippen LogP contribution in [0.5, 0.6) is 0 Å². The lowest BCUT2D eigenvalue weighted by atomic mass is 9.88. The first-order chi connectivity index (χ1) is 7.22. The molecule has 0 aliphatic carbocycles.